The molecule has 0 bridgehead atoms. The fourth-order valence-corrected chi connectivity index (χ4v) is 2.66. The molecule has 0 amide bonds. The Morgan fingerprint density at radius 1 is 1.47 bits per heavy atom. The molecule has 1 aliphatic rings. The van der Waals surface area contributed by atoms with Crippen LogP contribution in [0.25, 0.3) is 0 Å². The van der Waals surface area contributed by atoms with E-state index in [-0.39, 0.29) is 6.10 Å². The first-order valence-corrected chi connectivity index (χ1v) is 6.67. The zero-order chi connectivity index (χ0) is 14.0. The van der Waals surface area contributed by atoms with Gasteiger partial charge in [-0.2, -0.15) is 0 Å². The number of aryl methyl sites for hydroxylation is 2. The van der Waals surface area contributed by atoms with E-state index in [1.54, 1.807) is 0 Å². The first-order valence-electron chi connectivity index (χ1n) is 6.67. The van der Waals surface area contributed by atoms with E-state index in [4.69, 9.17) is 10.5 Å². The first kappa shape index (κ1) is 13.9. The second-order valence-corrected chi connectivity index (χ2v) is 5.57. The molecule has 2 atom stereocenters. The van der Waals surface area contributed by atoms with Crippen molar-refractivity contribution in [2.45, 2.75) is 51.2 Å². The molecule has 2 unspecified atom stereocenters. The van der Waals surface area contributed by atoms with Crippen LogP contribution in [-0.2, 0) is 4.79 Å². The van der Waals surface area contributed by atoms with Crippen LogP contribution in [0, 0.1) is 13.8 Å². The van der Waals surface area contributed by atoms with E-state index in [1.807, 2.05) is 26.0 Å². The molecule has 0 spiro atoms. The zero-order valence-corrected chi connectivity index (χ0v) is 11.5. The van der Waals surface area contributed by atoms with E-state index in [0.29, 0.717) is 12.8 Å². The van der Waals surface area contributed by atoms with Crippen molar-refractivity contribution < 1.29 is 14.6 Å². The highest BCUT2D eigenvalue weighted by Gasteiger charge is 2.40. The smallest absolute Gasteiger partial charge is 0.323 e. The summed E-state index contributed by atoms with van der Waals surface area (Å²) in [5, 5.41) is 9.19. The van der Waals surface area contributed by atoms with Crippen LogP contribution in [0.15, 0.2) is 18.2 Å². The molecule has 1 saturated carbocycles. The number of hydrogen-bond acceptors (Lipinski definition) is 3. The predicted molar refractivity (Wildman–Crippen MR) is 73.4 cm³/mol. The molecule has 3 N–H and O–H groups in total. The summed E-state index contributed by atoms with van der Waals surface area (Å²) in [7, 11) is 0. The third-order valence-electron chi connectivity index (χ3n) is 3.79. The van der Waals surface area contributed by atoms with E-state index in [1.165, 1.54) is 5.56 Å². The fourth-order valence-electron chi connectivity index (χ4n) is 2.66. The van der Waals surface area contributed by atoms with Crippen molar-refractivity contribution in [3.05, 3.63) is 29.3 Å². The largest absolute Gasteiger partial charge is 0.490 e. The van der Waals surface area contributed by atoms with Gasteiger partial charge in [-0.1, -0.05) is 17.7 Å². The third-order valence-corrected chi connectivity index (χ3v) is 3.79. The number of nitrogens with two attached hydrogens (primary N) is 1. The molecule has 4 nitrogen and oxygen atoms in total. The molecule has 2 rings (SSSR count). The van der Waals surface area contributed by atoms with Crippen molar-refractivity contribution in [1.29, 1.82) is 0 Å². The summed E-state index contributed by atoms with van der Waals surface area (Å²) < 4.78 is 5.94. The van der Waals surface area contributed by atoms with Crippen LogP contribution in [0.4, 0.5) is 0 Å². The molecule has 0 radical (unpaired) electrons. The summed E-state index contributed by atoms with van der Waals surface area (Å²) in [4.78, 5) is 11.2. The molecule has 0 heterocycles. The molecule has 0 saturated heterocycles. The molecule has 1 fully saturated rings. The van der Waals surface area contributed by atoms with Crippen LogP contribution in [0.3, 0.4) is 0 Å². The Morgan fingerprint density at radius 2 is 2.21 bits per heavy atom. The van der Waals surface area contributed by atoms with Crippen molar-refractivity contribution in [2.75, 3.05) is 0 Å². The lowest BCUT2D eigenvalue weighted by molar-refractivity contribution is -0.145. The number of benzene rings is 1. The van der Waals surface area contributed by atoms with Gasteiger partial charge in [0.1, 0.15) is 17.4 Å². The number of hydrogen-bond donors (Lipinski definition) is 2. The topological polar surface area (TPSA) is 72.5 Å². The molecule has 104 valence electrons. The summed E-state index contributed by atoms with van der Waals surface area (Å²) in [6.07, 6.45) is 2.43. The Bertz CT molecular complexity index is 486. The van der Waals surface area contributed by atoms with Crippen molar-refractivity contribution >= 4 is 5.97 Å². The summed E-state index contributed by atoms with van der Waals surface area (Å²) in [6, 6.07) is 6.00. The number of aliphatic carboxylic acids is 1. The summed E-state index contributed by atoms with van der Waals surface area (Å²) >= 11 is 0. The Hall–Kier alpha value is -1.55. The monoisotopic (exact) mass is 263 g/mol. The maximum absolute atomic E-state index is 11.2. The van der Waals surface area contributed by atoms with Gasteiger partial charge in [-0.25, -0.2) is 0 Å². The second kappa shape index (κ2) is 5.21. The van der Waals surface area contributed by atoms with Crippen molar-refractivity contribution in [2.24, 2.45) is 5.73 Å². The van der Waals surface area contributed by atoms with Gasteiger partial charge in [0.05, 0.1) is 0 Å². The summed E-state index contributed by atoms with van der Waals surface area (Å²) in [6.45, 7) is 4.03. The van der Waals surface area contributed by atoms with Gasteiger partial charge in [0.15, 0.2) is 0 Å². The Balaban J connectivity index is 2.09. The molecule has 19 heavy (non-hydrogen) atoms. The molecule has 1 aliphatic carbocycles. The number of rotatable bonds is 3. The van der Waals surface area contributed by atoms with Gasteiger partial charge in [0, 0.05) is 6.42 Å². The number of carbonyl (C=O) groups is 1. The minimum Gasteiger partial charge on any atom is -0.490 e. The van der Waals surface area contributed by atoms with E-state index in [9.17, 15) is 9.90 Å². The average molecular weight is 263 g/mol. The molecule has 0 aliphatic heterocycles. The van der Waals surface area contributed by atoms with Crippen molar-refractivity contribution in [3.63, 3.8) is 0 Å². The van der Waals surface area contributed by atoms with Crippen LogP contribution in [0.2, 0.25) is 0 Å². The molecule has 1 aromatic carbocycles. The van der Waals surface area contributed by atoms with E-state index in [0.717, 1.165) is 24.2 Å². The molecule has 1 aromatic rings. The van der Waals surface area contributed by atoms with Crippen LogP contribution >= 0.6 is 0 Å². The Kier molecular flexibility index (Phi) is 3.80. The maximum atomic E-state index is 11.2. The second-order valence-electron chi connectivity index (χ2n) is 5.57. The first-order chi connectivity index (χ1) is 8.90. The number of ether oxygens (including phenoxy) is 1. The lowest BCUT2D eigenvalue weighted by atomic mass is 9.81. The van der Waals surface area contributed by atoms with E-state index < -0.39 is 11.5 Å². The standard InChI is InChI=1S/C15H21NO3/c1-10-5-6-13(11(2)8-10)19-12-4-3-7-15(16,9-12)14(17)18/h5-6,8,12H,3-4,7,9,16H2,1-2H3,(H,17,18). The van der Waals surface area contributed by atoms with Crippen LogP contribution in [0.1, 0.15) is 36.8 Å². The van der Waals surface area contributed by atoms with Gasteiger partial charge in [-0.3, -0.25) is 4.79 Å². The summed E-state index contributed by atoms with van der Waals surface area (Å²) in [5.41, 5.74) is 7.05. The predicted octanol–water partition coefficient (Wildman–Crippen LogP) is 2.41. The van der Waals surface area contributed by atoms with Crippen LogP contribution in [-0.4, -0.2) is 22.7 Å². The van der Waals surface area contributed by atoms with Gasteiger partial charge in [0.2, 0.25) is 0 Å². The highest BCUT2D eigenvalue weighted by molar-refractivity contribution is 5.78. The average Bonchev–Trinajstić information content (AvgIpc) is 2.33. The lowest BCUT2D eigenvalue weighted by Crippen LogP contribution is -2.53. The third kappa shape index (κ3) is 3.07. The van der Waals surface area contributed by atoms with Crippen molar-refractivity contribution in [3.8, 4) is 5.75 Å². The van der Waals surface area contributed by atoms with Gasteiger partial charge >= 0.3 is 5.97 Å². The zero-order valence-electron chi connectivity index (χ0n) is 11.5. The van der Waals surface area contributed by atoms with Crippen LogP contribution < -0.4 is 10.5 Å². The number of carboxylic acid groups (broad SMARTS) is 1. The summed E-state index contributed by atoms with van der Waals surface area (Å²) in [5.74, 6) is -0.105. The molecule has 0 aromatic heterocycles. The van der Waals surface area contributed by atoms with E-state index in [2.05, 4.69) is 6.07 Å². The lowest BCUT2D eigenvalue weighted by Gasteiger charge is -2.34. The SMILES string of the molecule is Cc1ccc(OC2CCCC(N)(C(=O)O)C2)c(C)c1. The number of carboxylic acids is 1. The van der Waals surface area contributed by atoms with Gasteiger partial charge in [-0.05, 0) is 44.7 Å². The minimum atomic E-state index is -1.14. The molecule has 4 heteroatoms. The molecular formula is C15H21NO3. The normalized spacial score (nSPS) is 27.0. The van der Waals surface area contributed by atoms with Crippen molar-refractivity contribution in [1.82, 2.24) is 0 Å². The Morgan fingerprint density at radius 3 is 2.84 bits per heavy atom. The van der Waals surface area contributed by atoms with E-state index >= 15 is 0 Å². The van der Waals surface area contributed by atoms with Gasteiger partial charge in [-0.15, -0.1) is 0 Å². The van der Waals surface area contributed by atoms with Crippen LogP contribution in [0.5, 0.6) is 5.75 Å². The minimum absolute atomic E-state index is 0.115. The quantitative estimate of drug-likeness (QED) is 0.878. The Labute approximate surface area is 113 Å². The van der Waals surface area contributed by atoms with Gasteiger partial charge in [0.25, 0.3) is 0 Å². The highest BCUT2D eigenvalue weighted by atomic mass is 16.5. The highest BCUT2D eigenvalue weighted by Crippen LogP contribution is 2.31. The van der Waals surface area contributed by atoms with Gasteiger partial charge < -0.3 is 15.6 Å². The molecular weight excluding hydrogens is 242 g/mol. The fraction of sp³-hybridized carbons (Fsp3) is 0.533. The maximum Gasteiger partial charge on any atom is 0.323 e.